The van der Waals surface area contributed by atoms with E-state index in [1.807, 2.05) is 0 Å². The summed E-state index contributed by atoms with van der Waals surface area (Å²) in [6.07, 6.45) is 1.45. The largest absolute Gasteiger partial charge is 0.462 e. The quantitative estimate of drug-likeness (QED) is 0.274. The van der Waals surface area contributed by atoms with E-state index in [-0.39, 0.29) is 18.0 Å². The van der Waals surface area contributed by atoms with Crippen LogP contribution in [0.25, 0.3) is 0 Å². The van der Waals surface area contributed by atoms with Crippen molar-refractivity contribution < 1.29 is 14.3 Å². The number of carbonyl (C=O) groups excluding carboxylic acids is 2. The van der Waals surface area contributed by atoms with Crippen molar-refractivity contribution in [2.45, 2.75) is 6.92 Å². The molecule has 0 aliphatic carbocycles. The number of carbonyl (C=O) groups is 2. The van der Waals surface area contributed by atoms with E-state index in [0.717, 1.165) is 0 Å². The second kappa shape index (κ2) is 6.95. The maximum atomic E-state index is 12.3. The molecule has 102 valence electrons. The summed E-state index contributed by atoms with van der Waals surface area (Å²) >= 11 is 5.77. The van der Waals surface area contributed by atoms with Crippen molar-refractivity contribution in [3.63, 3.8) is 0 Å². The molecule has 0 amide bonds. The lowest BCUT2D eigenvalue weighted by Crippen LogP contribution is -2.19. The molecule has 0 bridgehead atoms. The third-order valence-electron chi connectivity index (χ3n) is 2.23. The van der Waals surface area contributed by atoms with E-state index in [1.165, 1.54) is 6.20 Å². The molecular weight excluding hydrogens is 266 g/mol. The highest BCUT2D eigenvalue weighted by atomic mass is 35.5. The van der Waals surface area contributed by atoms with E-state index in [1.54, 1.807) is 50.2 Å². The number of hydrogen-bond donors (Lipinski definition) is 0. The molecule has 1 aromatic rings. The van der Waals surface area contributed by atoms with Gasteiger partial charge in [0, 0.05) is 30.9 Å². The Labute approximate surface area is 117 Å². The standard InChI is InChI=1S/C14H16ClNO3/c1-4-19-14(18)12(9-16(2)3)13(17)10-5-7-11(15)8-6-10/h5-9H,4H2,1-3H3/b12-9+. The first-order chi connectivity index (χ1) is 8.95. The van der Waals surface area contributed by atoms with Crippen LogP contribution >= 0.6 is 11.6 Å². The first-order valence-electron chi connectivity index (χ1n) is 5.81. The maximum Gasteiger partial charge on any atom is 0.343 e. The SMILES string of the molecule is CCOC(=O)/C(=C/N(C)C)C(=O)c1ccc(Cl)cc1. The first-order valence-corrected chi connectivity index (χ1v) is 6.19. The summed E-state index contributed by atoms with van der Waals surface area (Å²) in [5.74, 6) is -1.01. The monoisotopic (exact) mass is 281 g/mol. The summed E-state index contributed by atoms with van der Waals surface area (Å²) in [4.78, 5) is 25.7. The molecular formula is C14H16ClNO3. The molecule has 0 saturated carbocycles. The number of rotatable bonds is 5. The van der Waals surface area contributed by atoms with Gasteiger partial charge in [-0.2, -0.15) is 0 Å². The van der Waals surface area contributed by atoms with Crippen LogP contribution in [-0.4, -0.2) is 37.4 Å². The fourth-order valence-electron chi connectivity index (χ4n) is 1.43. The minimum atomic E-state index is -0.629. The molecule has 19 heavy (non-hydrogen) atoms. The molecule has 0 unspecified atom stereocenters. The molecule has 4 nitrogen and oxygen atoms in total. The molecule has 5 heteroatoms. The summed E-state index contributed by atoms with van der Waals surface area (Å²) in [5, 5.41) is 0.533. The Balaban J connectivity index is 3.08. The zero-order valence-electron chi connectivity index (χ0n) is 11.1. The predicted molar refractivity (Wildman–Crippen MR) is 74.2 cm³/mol. The fourth-order valence-corrected chi connectivity index (χ4v) is 1.55. The van der Waals surface area contributed by atoms with Crippen LogP contribution in [0.1, 0.15) is 17.3 Å². The molecule has 0 aliphatic rings. The highest BCUT2D eigenvalue weighted by Gasteiger charge is 2.21. The van der Waals surface area contributed by atoms with Gasteiger partial charge in [0.05, 0.1) is 6.61 Å². The van der Waals surface area contributed by atoms with Gasteiger partial charge in [0.2, 0.25) is 5.78 Å². The smallest absolute Gasteiger partial charge is 0.343 e. The molecule has 0 N–H and O–H groups in total. The number of esters is 1. The van der Waals surface area contributed by atoms with E-state index < -0.39 is 5.97 Å². The summed E-state index contributed by atoms with van der Waals surface area (Å²) < 4.78 is 4.89. The number of nitrogens with zero attached hydrogens (tertiary/aromatic N) is 1. The highest BCUT2D eigenvalue weighted by molar-refractivity contribution is 6.31. The molecule has 0 fully saturated rings. The lowest BCUT2D eigenvalue weighted by molar-refractivity contribution is -0.138. The summed E-state index contributed by atoms with van der Waals surface area (Å²) in [6.45, 7) is 1.91. The van der Waals surface area contributed by atoms with Crippen LogP contribution in [0.5, 0.6) is 0 Å². The third-order valence-corrected chi connectivity index (χ3v) is 2.49. The molecule has 0 aliphatic heterocycles. The molecule has 0 heterocycles. The van der Waals surface area contributed by atoms with Crippen LogP contribution in [0, 0.1) is 0 Å². The van der Waals surface area contributed by atoms with Crippen molar-refractivity contribution >= 4 is 23.4 Å². The van der Waals surface area contributed by atoms with Gasteiger partial charge in [-0.3, -0.25) is 4.79 Å². The zero-order valence-corrected chi connectivity index (χ0v) is 11.9. The normalized spacial score (nSPS) is 11.1. The molecule has 0 radical (unpaired) electrons. The fraction of sp³-hybridized carbons (Fsp3) is 0.286. The first kappa shape index (κ1) is 15.2. The molecule has 0 atom stereocenters. The van der Waals surface area contributed by atoms with Crippen LogP contribution in [-0.2, 0) is 9.53 Å². The van der Waals surface area contributed by atoms with Crippen molar-refractivity contribution in [1.29, 1.82) is 0 Å². The second-order valence-electron chi connectivity index (χ2n) is 4.06. The maximum absolute atomic E-state index is 12.3. The van der Waals surface area contributed by atoms with Gasteiger partial charge in [0.25, 0.3) is 0 Å². The molecule has 0 spiro atoms. The minimum Gasteiger partial charge on any atom is -0.462 e. The Morgan fingerprint density at radius 2 is 1.84 bits per heavy atom. The third kappa shape index (κ3) is 4.41. The lowest BCUT2D eigenvalue weighted by atomic mass is 10.0. The summed E-state index contributed by atoms with van der Waals surface area (Å²) in [5.41, 5.74) is 0.389. The molecule has 1 aromatic carbocycles. The summed E-state index contributed by atoms with van der Waals surface area (Å²) in [6, 6.07) is 6.36. The van der Waals surface area contributed by atoms with Crippen LogP contribution in [0.3, 0.4) is 0 Å². The minimum absolute atomic E-state index is 0.00540. The van der Waals surface area contributed by atoms with Crippen molar-refractivity contribution in [3.8, 4) is 0 Å². The van der Waals surface area contributed by atoms with Crippen LogP contribution in [0.2, 0.25) is 5.02 Å². The van der Waals surface area contributed by atoms with E-state index in [2.05, 4.69) is 0 Å². The highest BCUT2D eigenvalue weighted by Crippen LogP contribution is 2.14. The van der Waals surface area contributed by atoms with E-state index in [0.29, 0.717) is 10.6 Å². The predicted octanol–water partition coefficient (Wildman–Crippen LogP) is 2.53. The number of halogens is 1. The van der Waals surface area contributed by atoms with Crippen LogP contribution in [0.15, 0.2) is 36.0 Å². The van der Waals surface area contributed by atoms with E-state index in [4.69, 9.17) is 16.3 Å². The number of hydrogen-bond acceptors (Lipinski definition) is 4. The lowest BCUT2D eigenvalue weighted by Gasteiger charge is -2.10. The Morgan fingerprint density at radius 3 is 2.32 bits per heavy atom. The van der Waals surface area contributed by atoms with Crippen molar-refractivity contribution in [1.82, 2.24) is 4.90 Å². The van der Waals surface area contributed by atoms with Gasteiger partial charge in [0.1, 0.15) is 5.57 Å². The van der Waals surface area contributed by atoms with E-state index in [9.17, 15) is 9.59 Å². The number of Topliss-reactive ketones (excluding diaryl/α,β-unsaturated/α-hetero) is 1. The van der Waals surface area contributed by atoms with E-state index >= 15 is 0 Å². The van der Waals surface area contributed by atoms with Gasteiger partial charge in [-0.25, -0.2) is 4.79 Å². The van der Waals surface area contributed by atoms with Gasteiger partial charge in [-0.05, 0) is 31.2 Å². The topological polar surface area (TPSA) is 46.6 Å². The zero-order chi connectivity index (χ0) is 14.4. The van der Waals surface area contributed by atoms with Crippen LogP contribution in [0.4, 0.5) is 0 Å². The van der Waals surface area contributed by atoms with Gasteiger partial charge in [-0.15, -0.1) is 0 Å². The van der Waals surface area contributed by atoms with Crippen molar-refractivity contribution in [2.75, 3.05) is 20.7 Å². The van der Waals surface area contributed by atoms with Gasteiger partial charge < -0.3 is 9.64 Å². The molecule has 0 aromatic heterocycles. The van der Waals surface area contributed by atoms with Gasteiger partial charge in [0.15, 0.2) is 0 Å². The van der Waals surface area contributed by atoms with Crippen LogP contribution < -0.4 is 0 Å². The summed E-state index contributed by atoms with van der Waals surface area (Å²) in [7, 11) is 3.46. The van der Waals surface area contributed by atoms with Crippen molar-refractivity contribution in [2.24, 2.45) is 0 Å². The average Bonchev–Trinajstić information content (AvgIpc) is 2.36. The average molecular weight is 282 g/mol. The number of ether oxygens (including phenoxy) is 1. The number of ketones is 1. The Bertz CT molecular complexity index is 492. The second-order valence-corrected chi connectivity index (χ2v) is 4.50. The number of benzene rings is 1. The van der Waals surface area contributed by atoms with Gasteiger partial charge >= 0.3 is 5.97 Å². The van der Waals surface area contributed by atoms with Crippen molar-refractivity contribution in [3.05, 3.63) is 46.6 Å². The Kier molecular flexibility index (Phi) is 5.57. The molecule has 1 rings (SSSR count). The van der Waals surface area contributed by atoms with Gasteiger partial charge in [-0.1, -0.05) is 11.6 Å². The Morgan fingerprint density at radius 1 is 1.26 bits per heavy atom. The Hall–Kier alpha value is -1.81. The molecule has 0 saturated heterocycles.